The van der Waals surface area contributed by atoms with Gasteiger partial charge in [0.05, 0.1) is 22.0 Å². The number of phenols is 1. The second kappa shape index (κ2) is 18.3. The lowest BCUT2D eigenvalue weighted by Gasteiger charge is -2.15. The number of likely N-dealkylation sites (tertiary alicyclic amines) is 1. The van der Waals surface area contributed by atoms with Crippen molar-refractivity contribution < 1.29 is 50.2 Å². The molecule has 0 bridgehead atoms. The second-order valence-electron chi connectivity index (χ2n) is 14.2. The molecule has 16 nitrogen and oxygen atoms in total. The molecule has 1 fully saturated rings. The lowest BCUT2D eigenvalue weighted by atomic mass is 10.00. The molecule has 4 aromatic rings. The smallest absolute Gasteiger partial charge is 0.296 e. The minimum atomic E-state index is -5.06. The van der Waals surface area contributed by atoms with Crippen molar-refractivity contribution >= 4 is 83.2 Å². The number of thioether (sulfide) groups is 1. The van der Waals surface area contributed by atoms with Gasteiger partial charge in [0.2, 0.25) is 17.7 Å². The van der Waals surface area contributed by atoms with Crippen molar-refractivity contribution in [3.8, 4) is 16.9 Å². The van der Waals surface area contributed by atoms with E-state index in [1.54, 1.807) is 25.1 Å². The van der Waals surface area contributed by atoms with Gasteiger partial charge in [0.15, 0.2) is 5.75 Å². The lowest BCUT2D eigenvalue weighted by Crippen LogP contribution is -2.34. The summed E-state index contributed by atoms with van der Waals surface area (Å²) >= 11 is 1.45. The van der Waals surface area contributed by atoms with Crippen molar-refractivity contribution in [2.75, 3.05) is 36.6 Å². The molecule has 0 aromatic heterocycles. The highest BCUT2D eigenvalue weighted by atomic mass is 32.2. The summed E-state index contributed by atoms with van der Waals surface area (Å²) in [6, 6.07) is 13.6. The summed E-state index contributed by atoms with van der Waals surface area (Å²) in [5, 5.41) is 20.9. The fraction of sp³-hybridized carbons (Fsp3) is 0.359. The maximum atomic E-state index is 12.9. The van der Waals surface area contributed by atoms with Crippen LogP contribution in [0.4, 0.5) is 22.7 Å². The number of nitrogens with zero attached hydrogens (tertiary/aromatic N) is 3. The first kappa shape index (κ1) is 44.2. The van der Waals surface area contributed by atoms with Crippen LogP contribution in [0.15, 0.2) is 74.6 Å². The maximum absolute atomic E-state index is 12.9. The third-order valence-corrected chi connectivity index (χ3v) is 12.5. The number of phenolic OH excluding ortho intramolecular Hbond substituents is 1. The zero-order chi connectivity index (χ0) is 42.5. The predicted molar refractivity (Wildman–Crippen MR) is 221 cm³/mol. The van der Waals surface area contributed by atoms with Gasteiger partial charge in [-0.2, -0.15) is 21.9 Å². The summed E-state index contributed by atoms with van der Waals surface area (Å²) in [5.74, 6) is -0.340. The first-order valence-corrected chi connectivity index (χ1v) is 22.2. The third-order valence-electron chi connectivity index (χ3n) is 9.43. The zero-order valence-corrected chi connectivity index (χ0v) is 34.7. The number of benzene rings is 4. The minimum absolute atomic E-state index is 0.00253. The average molecular weight is 856 g/mol. The molecule has 6 N–H and O–H groups in total. The number of hydrogen-bond donors (Lipinski definition) is 5. The molecule has 4 aromatic carbocycles. The van der Waals surface area contributed by atoms with E-state index in [2.05, 4.69) is 29.4 Å². The van der Waals surface area contributed by atoms with Crippen molar-refractivity contribution in [1.82, 2.24) is 4.90 Å². The Morgan fingerprint density at radius 2 is 1.57 bits per heavy atom. The monoisotopic (exact) mass is 855 g/mol. The molecule has 1 saturated heterocycles. The van der Waals surface area contributed by atoms with E-state index in [-0.39, 0.29) is 48.2 Å². The Balaban J connectivity index is 1.20. The van der Waals surface area contributed by atoms with Crippen molar-refractivity contribution in [2.45, 2.75) is 68.4 Å². The van der Waals surface area contributed by atoms with Gasteiger partial charge in [0, 0.05) is 43.7 Å². The lowest BCUT2D eigenvalue weighted by molar-refractivity contribution is -0.138. The number of imide groups is 1. The number of amides is 3. The summed E-state index contributed by atoms with van der Waals surface area (Å²) in [5.41, 5.74) is 9.09. The number of anilines is 2. The Hall–Kier alpha value is -4.92. The molecule has 1 unspecified atom stereocenters. The quantitative estimate of drug-likeness (QED) is 0.0237. The predicted octanol–water partition coefficient (Wildman–Crippen LogP) is 6.96. The number of nitrogens with two attached hydrogens (primary N) is 1. The summed E-state index contributed by atoms with van der Waals surface area (Å²) in [6.07, 6.45) is 1.86. The minimum Gasteiger partial charge on any atom is -0.505 e. The molecular formula is C39H45N5O11S3. The van der Waals surface area contributed by atoms with Gasteiger partial charge in [-0.1, -0.05) is 32.0 Å². The molecule has 0 radical (unpaired) electrons. The second-order valence-corrected chi connectivity index (χ2v) is 18.3. The van der Waals surface area contributed by atoms with Gasteiger partial charge in [-0.25, -0.2) is 0 Å². The molecule has 0 aliphatic carbocycles. The van der Waals surface area contributed by atoms with Crippen molar-refractivity contribution in [2.24, 2.45) is 16.1 Å². The molecule has 5 rings (SSSR count). The van der Waals surface area contributed by atoms with Gasteiger partial charge in [-0.05, 0) is 97.0 Å². The van der Waals surface area contributed by atoms with E-state index in [0.717, 1.165) is 35.6 Å². The summed E-state index contributed by atoms with van der Waals surface area (Å²) in [7, 11) is -10.1. The highest BCUT2D eigenvalue weighted by Gasteiger charge is 2.38. The summed E-state index contributed by atoms with van der Waals surface area (Å²) in [4.78, 5) is 37.6. The zero-order valence-electron chi connectivity index (χ0n) is 32.3. The highest BCUT2D eigenvalue weighted by Crippen LogP contribution is 2.44. The number of rotatable bonds is 17. The Morgan fingerprint density at radius 1 is 0.931 bits per heavy atom. The van der Waals surface area contributed by atoms with Crippen LogP contribution in [0.1, 0.15) is 50.7 Å². The fourth-order valence-corrected chi connectivity index (χ4v) is 8.79. The number of carbonyl (C=O) groups excluding carboxylic acids is 3. The largest absolute Gasteiger partial charge is 0.505 e. The van der Waals surface area contributed by atoms with Crippen LogP contribution in [0.2, 0.25) is 0 Å². The topological polar surface area (TPSA) is 255 Å². The molecule has 0 saturated carbocycles. The van der Waals surface area contributed by atoms with E-state index in [4.69, 9.17) is 10.5 Å². The Bertz CT molecular complexity index is 2510. The molecule has 0 spiro atoms. The van der Waals surface area contributed by atoms with Crippen LogP contribution < -0.4 is 11.1 Å². The molecule has 1 heterocycles. The normalized spacial score (nSPS) is 15.0. The molecule has 3 amide bonds. The molecule has 1 aliphatic heterocycles. The highest BCUT2D eigenvalue weighted by molar-refractivity contribution is 8.00. The van der Waals surface area contributed by atoms with Crippen LogP contribution in [-0.2, 0) is 39.4 Å². The van der Waals surface area contributed by atoms with Crippen LogP contribution in [0.3, 0.4) is 0 Å². The number of fused-ring (bicyclic) bond motifs is 1. The van der Waals surface area contributed by atoms with Crippen molar-refractivity contribution in [3.05, 3.63) is 65.7 Å². The van der Waals surface area contributed by atoms with Gasteiger partial charge in [0.25, 0.3) is 20.2 Å². The number of aromatic hydroxyl groups is 1. The van der Waals surface area contributed by atoms with Crippen LogP contribution in [0.5, 0.6) is 5.75 Å². The summed E-state index contributed by atoms with van der Waals surface area (Å²) < 4.78 is 72.8. The molecule has 1 aliphatic rings. The first-order valence-electron chi connectivity index (χ1n) is 18.3. The average Bonchev–Trinajstić information content (AvgIpc) is 3.40. The van der Waals surface area contributed by atoms with Gasteiger partial charge in [-0.3, -0.25) is 28.4 Å². The Labute approximate surface area is 340 Å². The Kier molecular flexibility index (Phi) is 14.0. The number of carbonyl (C=O) groups is 3. The van der Waals surface area contributed by atoms with E-state index in [1.165, 1.54) is 22.7 Å². The van der Waals surface area contributed by atoms with E-state index in [0.29, 0.717) is 47.9 Å². The van der Waals surface area contributed by atoms with Crippen molar-refractivity contribution in [1.29, 1.82) is 0 Å². The van der Waals surface area contributed by atoms with Crippen LogP contribution >= 0.6 is 11.8 Å². The fourth-order valence-electron chi connectivity index (χ4n) is 6.25. The SMILES string of the molecule is Cc1cc(-c2ccc(NC(=O)CCN3C(=O)CC(SCCCOCCC(C)C)C3=O)c(C)c2)ccc1/N=N/c1ccc2c(S(=O)(=O)O)cc(S(=O)(=O)O)c(N)c2c1O. The van der Waals surface area contributed by atoms with E-state index >= 15 is 0 Å². The van der Waals surface area contributed by atoms with E-state index in [9.17, 15) is 45.4 Å². The van der Waals surface area contributed by atoms with Gasteiger partial charge in [0.1, 0.15) is 15.5 Å². The number of aryl methyl sites for hydroxylation is 2. The van der Waals surface area contributed by atoms with E-state index < -0.39 is 52.1 Å². The van der Waals surface area contributed by atoms with Crippen LogP contribution in [-0.4, -0.2) is 84.4 Å². The van der Waals surface area contributed by atoms with Crippen molar-refractivity contribution in [3.63, 3.8) is 0 Å². The number of nitrogens with one attached hydrogen (secondary N) is 1. The third kappa shape index (κ3) is 10.6. The molecule has 19 heteroatoms. The van der Waals surface area contributed by atoms with E-state index in [1.807, 2.05) is 25.1 Å². The first-order chi connectivity index (χ1) is 27.3. The number of azo groups is 1. The molecule has 310 valence electrons. The Morgan fingerprint density at radius 3 is 2.21 bits per heavy atom. The number of nitrogen functional groups attached to an aromatic ring is 1. The van der Waals surface area contributed by atoms with Gasteiger partial charge >= 0.3 is 0 Å². The maximum Gasteiger partial charge on any atom is 0.296 e. The van der Waals surface area contributed by atoms with Gasteiger partial charge < -0.3 is 20.9 Å². The standard InChI is InChI=1S/C39H45N5O11S3/c1-22(2)13-16-55-15-5-17-56-31-20-35(46)44(39(31)48)14-12-34(45)41-28-9-6-25(18-23(28)3)26-7-10-29(24(4)19-26)42-43-30-11-8-27-32(57(49,50)51)21-33(58(52,53)54)37(40)36(27)38(30)47/h6-11,18-19,21-22,31,47H,5,12-17,20,40H2,1-4H3,(H,41,45)(H,49,50,51)(H,52,53,54)/b43-42+. The summed E-state index contributed by atoms with van der Waals surface area (Å²) in [6.45, 7) is 9.20. The van der Waals surface area contributed by atoms with Crippen LogP contribution in [0.25, 0.3) is 21.9 Å². The molecular weight excluding hydrogens is 811 g/mol. The number of ether oxygens (including phenoxy) is 1. The molecule has 58 heavy (non-hydrogen) atoms. The van der Waals surface area contributed by atoms with Gasteiger partial charge in [-0.15, -0.1) is 16.9 Å². The van der Waals surface area contributed by atoms with Crippen LogP contribution in [0, 0.1) is 19.8 Å². The number of hydrogen-bond acceptors (Lipinski definition) is 13. The molecule has 1 atom stereocenters.